The number of nitrogens with zero attached hydrogens (tertiary/aromatic N) is 4. The Morgan fingerprint density at radius 1 is 1.11 bits per heavy atom. The monoisotopic (exact) mass is 450 g/mol. The van der Waals surface area contributed by atoms with E-state index in [-0.39, 0.29) is 6.01 Å². The molecule has 0 N–H and O–H groups in total. The minimum absolute atomic E-state index is 0.286. The molecule has 3 aromatic rings. The number of aryl methyl sites for hydroxylation is 1. The first-order valence-electron chi connectivity index (χ1n) is 9.05. The van der Waals surface area contributed by atoms with E-state index in [1.807, 2.05) is 31.2 Å². The highest BCUT2D eigenvalue weighted by Crippen LogP contribution is 2.21. The van der Waals surface area contributed by atoms with Crippen LogP contribution in [0, 0.1) is 0 Å². The lowest BCUT2D eigenvalue weighted by Crippen LogP contribution is -2.37. The Labute approximate surface area is 170 Å². The van der Waals surface area contributed by atoms with Crippen molar-refractivity contribution in [3.05, 3.63) is 55.1 Å². The van der Waals surface area contributed by atoms with Crippen LogP contribution in [0.3, 0.4) is 0 Å². The van der Waals surface area contributed by atoms with Crippen LogP contribution in [0.5, 0.6) is 6.01 Å². The summed E-state index contributed by atoms with van der Waals surface area (Å²) in [5.74, 6) is 0. The van der Waals surface area contributed by atoms with Crippen molar-refractivity contribution < 1.29 is 9.47 Å². The molecule has 9 heteroatoms. The van der Waals surface area contributed by atoms with Crippen molar-refractivity contribution in [2.24, 2.45) is 14.1 Å². The molecular formula is C19H23BrN4O4. The van der Waals surface area contributed by atoms with Crippen LogP contribution >= 0.6 is 15.9 Å². The third-order valence-electron chi connectivity index (χ3n) is 4.35. The van der Waals surface area contributed by atoms with Gasteiger partial charge in [0.05, 0.1) is 13.2 Å². The van der Waals surface area contributed by atoms with Gasteiger partial charge in [-0.2, -0.15) is 4.98 Å². The molecule has 0 bridgehead atoms. The van der Waals surface area contributed by atoms with E-state index < -0.39 is 11.2 Å². The fraction of sp³-hybridized carbons (Fsp3) is 0.421. The summed E-state index contributed by atoms with van der Waals surface area (Å²) >= 11 is 3.46. The largest absolute Gasteiger partial charge is 0.462 e. The van der Waals surface area contributed by atoms with Crippen molar-refractivity contribution in [3.63, 3.8) is 0 Å². The maximum atomic E-state index is 12.8. The van der Waals surface area contributed by atoms with Crippen LogP contribution in [0.15, 0.2) is 38.3 Å². The summed E-state index contributed by atoms with van der Waals surface area (Å²) in [6.07, 6.45) is 0.930. The van der Waals surface area contributed by atoms with Crippen LogP contribution in [-0.4, -0.2) is 38.5 Å². The molecule has 0 saturated heterocycles. The molecule has 0 saturated carbocycles. The molecule has 0 atom stereocenters. The number of fused-ring (bicyclic) bond motifs is 1. The van der Waals surface area contributed by atoms with Crippen molar-refractivity contribution in [2.45, 2.75) is 19.9 Å². The van der Waals surface area contributed by atoms with Crippen LogP contribution in [-0.2, 0) is 25.4 Å². The van der Waals surface area contributed by atoms with Crippen molar-refractivity contribution in [3.8, 4) is 6.01 Å². The smallest absolute Gasteiger partial charge is 0.332 e. The van der Waals surface area contributed by atoms with Gasteiger partial charge in [-0.05, 0) is 24.1 Å². The second-order valence-corrected chi connectivity index (χ2v) is 7.36. The predicted molar refractivity (Wildman–Crippen MR) is 110 cm³/mol. The van der Waals surface area contributed by atoms with Gasteiger partial charge in [0.2, 0.25) is 0 Å². The van der Waals surface area contributed by atoms with Gasteiger partial charge in [-0.3, -0.25) is 18.5 Å². The van der Waals surface area contributed by atoms with E-state index in [0.717, 1.165) is 21.0 Å². The topological polar surface area (TPSA) is 80.3 Å². The Kier molecular flexibility index (Phi) is 6.35. The van der Waals surface area contributed by atoms with E-state index in [0.29, 0.717) is 37.5 Å². The summed E-state index contributed by atoms with van der Waals surface area (Å²) in [6.45, 7) is 3.80. The predicted octanol–water partition coefficient (Wildman–Crippen LogP) is 2.05. The van der Waals surface area contributed by atoms with Crippen LogP contribution < -0.4 is 16.0 Å². The lowest BCUT2D eigenvalue weighted by molar-refractivity contribution is 0.0960. The normalized spacial score (nSPS) is 11.3. The SMILES string of the molecule is CCCOCCOc1nc2c(c(=O)n(C)c(=O)n2C)n1Cc1cccc(Br)c1. The van der Waals surface area contributed by atoms with Gasteiger partial charge in [-0.15, -0.1) is 0 Å². The van der Waals surface area contributed by atoms with E-state index in [9.17, 15) is 9.59 Å². The Morgan fingerprint density at radius 3 is 2.61 bits per heavy atom. The number of aromatic nitrogens is 4. The van der Waals surface area contributed by atoms with Crippen LogP contribution in [0.1, 0.15) is 18.9 Å². The number of imidazole rings is 1. The molecule has 8 nitrogen and oxygen atoms in total. The fourth-order valence-corrected chi connectivity index (χ4v) is 3.39. The lowest BCUT2D eigenvalue weighted by Gasteiger charge is -2.11. The minimum Gasteiger partial charge on any atom is -0.462 e. The molecule has 3 rings (SSSR count). The zero-order chi connectivity index (χ0) is 20.3. The molecule has 0 aliphatic rings. The number of hydrogen-bond donors (Lipinski definition) is 0. The van der Waals surface area contributed by atoms with Crippen molar-refractivity contribution in [2.75, 3.05) is 19.8 Å². The first kappa shape index (κ1) is 20.3. The number of benzene rings is 1. The van der Waals surface area contributed by atoms with Crippen LogP contribution in [0.25, 0.3) is 11.2 Å². The lowest BCUT2D eigenvalue weighted by atomic mass is 10.2. The molecule has 1 aromatic carbocycles. The molecule has 150 valence electrons. The highest BCUT2D eigenvalue weighted by Gasteiger charge is 2.20. The quantitative estimate of drug-likeness (QED) is 0.490. The van der Waals surface area contributed by atoms with Crippen molar-refractivity contribution in [1.82, 2.24) is 18.7 Å². The highest BCUT2D eigenvalue weighted by atomic mass is 79.9. The van der Waals surface area contributed by atoms with Crippen molar-refractivity contribution >= 4 is 27.1 Å². The summed E-state index contributed by atoms with van der Waals surface area (Å²) in [4.78, 5) is 29.5. The summed E-state index contributed by atoms with van der Waals surface area (Å²) in [6, 6.07) is 8.06. The Hall–Kier alpha value is -2.39. The summed E-state index contributed by atoms with van der Waals surface area (Å²) in [7, 11) is 3.05. The second-order valence-electron chi connectivity index (χ2n) is 6.45. The third kappa shape index (κ3) is 4.05. The standard InChI is InChI=1S/C19H23BrN4O4/c1-4-8-27-9-10-28-18-21-16-15(17(25)23(3)19(26)22(16)2)24(18)12-13-6-5-7-14(20)11-13/h5-7,11H,4,8-10,12H2,1-3H3. The minimum atomic E-state index is -0.428. The Bertz CT molecular complexity index is 1100. The van der Waals surface area contributed by atoms with E-state index in [4.69, 9.17) is 9.47 Å². The second kappa shape index (κ2) is 8.74. The molecule has 0 aliphatic carbocycles. The summed E-state index contributed by atoms with van der Waals surface area (Å²) in [5, 5.41) is 0. The average Bonchev–Trinajstić information content (AvgIpc) is 3.03. The molecule has 0 spiro atoms. The van der Waals surface area contributed by atoms with E-state index >= 15 is 0 Å². The van der Waals surface area contributed by atoms with Gasteiger partial charge in [-0.25, -0.2) is 4.79 Å². The third-order valence-corrected chi connectivity index (χ3v) is 4.84. The molecule has 0 radical (unpaired) electrons. The van der Waals surface area contributed by atoms with E-state index in [1.54, 1.807) is 11.6 Å². The van der Waals surface area contributed by atoms with Gasteiger partial charge < -0.3 is 9.47 Å². The van der Waals surface area contributed by atoms with Gasteiger partial charge in [0.25, 0.3) is 11.6 Å². The zero-order valence-electron chi connectivity index (χ0n) is 16.1. The molecule has 2 aromatic heterocycles. The van der Waals surface area contributed by atoms with Gasteiger partial charge in [0.15, 0.2) is 11.2 Å². The van der Waals surface area contributed by atoms with Gasteiger partial charge in [0, 0.05) is 25.2 Å². The van der Waals surface area contributed by atoms with Crippen LogP contribution in [0.4, 0.5) is 0 Å². The molecule has 28 heavy (non-hydrogen) atoms. The van der Waals surface area contributed by atoms with Gasteiger partial charge in [0.1, 0.15) is 6.61 Å². The Balaban J connectivity index is 2.07. The number of halogens is 1. The summed E-state index contributed by atoms with van der Waals surface area (Å²) < 4.78 is 16.3. The first-order valence-corrected chi connectivity index (χ1v) is 9.84. The molecular weight excluding hydrogens is 428 g/mol. The van der Waals surface area contributed by atoms with E-state index in [2.05, 4.69) is 20.9 Å². The fourth-order valence-electron chi connectivity index (χ4n) is 2.94. The maximum Gasteiger partial charge on any atom is 0.332 e. The number of ether oxygens (including phenoxy) is 2. The number of rotatable bonds is 8. The average molecular weight is 451 g/mol. The highest BCUT2D eigenvalue weighted by molar-refractivity contribution is 9.10. The van der Waals surface area contributed by atoms with Gasteiger partial charge >= 0.3 is 5.69 Å². The van der Waals surface area contributed by atoms with Crippen LogP contribution in [0.2, 0.25) is 0 Å². The maximum absolute atomic E-state index is 12.8. The Morgan fingerprint density at radius 2 is 1.89 bits per heavy atom. The first-order chi connectivity index (χ1) is 13.4. The molecule has 0 fully saturated rings. The number of hydrogen-bond acceptors (Lipinski definition) is 5. The van der Waals surface area contributed by atoms with Crippen molar-refractivity contribution in [1.29, 1.82) is 0 Å². The van der Waals surface area contributed by atoms with E-state index in [1.165, 1.54) is 11.6 Å². The van der Waals surface area contributed by atoms with Gasteiger partial charge in [-0.1, -0.05) is 35.0 Å². The zero-order valence-corrected chi connectivity index (χ0v) is 17.7. The molecule has 2 heterocycles. The molecule has 0 aliphatic heterocycles. The molecule has 0 unspecified atom stereocenters. The molecule has 0 amide bonds. The summed E-state index contributed by atoms with van der Waals surface area (Å²) in [5.41, 5.74) is 0.762.